The van der Waals surface area contributed by atoms with Crippen molar-refractivity contribution in [3.63, 3.8) is 0 Å². The number of nitrogens with one attached hydrogen (secondary N) is 1. The van der Waals surface area contributed by atoms with Crippen LogP contribution < -0.4 is 11.2 Å². The summed E-state index contributed by atoms with van der Waals surface area (Å²) >= 11 is 0. The Kier molecular flexibility index (Phi) is 6.22. The van der Waals surface area contributed by atoms with E-state index in [0.717, 1.165) is 4.57 Å². The van der Waals surface area contributed by atoms with Crippen molar-refractivity contribution in [3.8, 4) is 0 Å². The lowest BCUT2D eigenvalue weighted by molar-refractivity contribution is -0.146. The first-order valence-corrected chi connectivity index (χ1v) is 8.72. The summed E-state index contributed by atoms with van der Waals surface area (Å²) in [5.41, 5.74) is -2.44. The Labute approximate surface area is 155 Å². The van der Waals surface area contributed by atoms with Crippen LogP contribution in [0, 0.1) is 6.92 Å². The average molecular weight is 383 g/mol. The molecule has 0 unspecified atom stereocenters. The number of aliphatic hydroxyl groups excluding tert-OH is 1. The maximum Gasteiger partial charge on any atom is 0.328 e. The summed E-state index contributed by atoms with van der Waals surface area (Å²) < 4.78 is 1.15. The molecule has 27 heavy (non-hydrogen) atoms. The molecule has 10 heteroatoms. The molecule has 1 aliphatic rings. The first-order chi connectivity index (χ1) is 12.5. The van der Waals surface area contributed by atoms with E-state index in [0.29, 0.717) is 12.0 Å². The number of rotatable bonds is 6. The predicted molar refractivity (Wildman–Crippen MR) is 94.3 cm³/mol. The lowest BCUT2D eigenvalue weighted by atomic mass is 9.79. The largest absolute Gasteiger partial charge is 0.481 e. The third kappa shape index (κ3) is 4.83. The Bertz CT molecular complexity index is 831. The second-order valence-electron chi connectivity index (χ2n) is 7.15. The van der Waals surface area contributed by atoms with Gasteiger partial charge >= 0.3 is 11.7 Å². The van der Waals surface area contributed by atoms with Crippen molar-refractivity contribution in [2.45, 2.75) is 63.3 Å². The Balaban J connectivity index is 2.06. The number of carboxylic acid groups (broad SMARTS) is 1. The topological polar surface area (TPSA) is 153 Å². The third-order valence-corrected chi connectivity index (χ3v) is 5.15. The van der Waals surface area contributed by atoms with E-state index in [1.807, 2.05) is 0 Å². The van der Waals surface area contributed by atoms with Gasteiger partial charge in [-0.15, -0.1) is 0 Å². The van der Waals surface area contributed by atoms with Gasteiger partial charge in [0.15, 0.2) is 0 Å². The molecule has 1 fully saturated rings. The Morgan fingerprint density at radius 1 is 1.37 bits per heavy atom. The number of nitrogens with zero attached hydrogens (tertiary/aromatic N) is 2. The van der Waals surface area contributed by atoms with Crippen LogP contribution in [0.25, 0.3) is 0 Å². The number of carbonyl (C=O) groups excluding carboxylic acids is 1. The third-order valence-electron chi connectivity index (χ3n) is 5.15. The Hall–Kier alpha value is -2.46. The van der Waals surface area contributed by atoms with Crippen LogP contribution in [0.3, 0.4) is 0 Å². The highest BCUT2D eigenvalue weighted by Crippen LogP contribution is 2.32. The van der Waals surface area contributed by atoms with Crippen LogP contribution in [-0.2, 0) is 16.1 Å². The highest BCUT2D eigenvalue weighted by Gasteiger charge is 2.43. The second kappa shape index (κ2) is 8.05. The number of H-pyrrole nitrogens is 1. The molecule has 1 heterocycles. The molecule has 1 aromatic rings. The minimum absolute atomic E-state index is 0.100. The lowest BCUT2D eigenvalue weighted by Gasteiger charge is -2.43. The molecule has 0 spiro atoms. The van der Waals surface area contributed by atoms with Crippen molar-refractivity contribution < 1.29 is 24.9 Å². The van der Waals surface area contributed by atoms with E-state index in [1.165, 1.54) is 18.0 Å². The molecule has 4 N–H and O–H groups in total. The van der Waals surface area contributed by atoms with Gasteiger partial charge in [0.1, 0.15) is 5.60 Å². The van der Waals surface area contributed by atoms with Gasteiger partial charge in [-0.2, -0.15) is 0 Å². The van der Waals surface area contributed by atoms with Gasteiger partial charge in [-0.05, 0) is 26.2 Å². The number of aliphatic carboxylic acids is 1. The standard InChI is InChI=1S/C17H25N3O7/c1-10-8-20(16(26)18-15(10)25)9-17(27)6-5-11(7-12(17)21)19(2)13(22)3-4-14(23)24/h8,11-12,21,27H,3-7,9H2,1-2H3,(H,23,24)(H,18,25,26)/t11-,12+,17+/m0/s1. The van der Waals surface area contributed by atoms with Crippen molar-refractivity contribution in [2.75, 3.05) is 7.05 Å². The molecule has 0 aliphatic heterocycles. The zero-order valence-electron chi connectivity index (χ0n) is 15.3. The van der Waals surface area contributed by atoms with Crippen molar-refractivity contribution in [1.29, 1.82) is 0 Å². The summed E-state index contributed by atoms with van der Waals surface area (Å²) in [4.78, 5) is 49.6. The summed E-state index contributed by atoms with van der Waals surface area (Å²) in [6.07, 6.45) is 0.374. The highest BCUT2D eigenvalue weighted by molar-refractivity contribution is 5.80. The molecular weight excluding hydrogens is 358 g/mol. The maximum absolute atomic E-state index is 12.1. The fraction of sp³-hybridized carbons (Fsp3) is 0.647. The van der Waals surface area contributed by atoms with E-state index in [2.05, 4.69) is 4.98 Å². The minimum Gasteiger partial charge on any atom is -0.481 e. The van der Waals surface area contributed by atoms with E-state index in [1.54, 1.807) is 7.05 Å². The molecule has 1 amide bonds. The predicted octanol–water partition coefficient (Wildman–Crippen LogP) is -1.19. The number of aliphatic hydroxyl groups is 2. The van der Waals surface area contributed by atoms with Gasteiger partial charge in [0.25, 0.3) is 5.56 Å². The summed E-state index contributed by atoms with van der Waals surface area (Å²) in [6, 6.07) is -0.337. The first kappa shape index (κ1) is 20.8. The van der Waals surface area contributed by atoms with Gasteiger partial charge in [-0.25, -0.2) is 4.79 Å². The van der Waals surface area contributed by atoms with E-state index in [-0.39, 0.29) is 44.2 Å². The van der Waals surface area contributed by atoms with Gasteiger partial charge in [0.05, 0.1) is 19.1 Å². The first-order valence-electron chi connectivity index (χ1n) is 8.72. The zero-order chi connectivity index (χ0) is 20.4. The molecule has 1 aliphatic carbocycles. The fourth-order valence-electron chi connectivity index (χ4n) is 3.34. The van der Waals surface area contributed by atoms with Crippen LogP contribution in [0.1, 0.15) is 37.7 Å². The lowest BCUT2D eigenvalue weighted by Crippen LogP contribution is -2.55. The highest BCUT2D eigenvalue weighted by atomic mass is 16.4. The molecule has 0 bridgehead atoms. The molecule has 2 rings (SSSR count). The van der Waals surface area contributed by atoms with Gasteiger partial charge < -0.3 is 20.2 Å². The SMILES string of the molecule is Cc1cn(C[C@]2(O)CC[C@H](N(C)C(=O)CCC(=O)O)C[C@H]2O)c(=O)[nH]c1=O. The fourth-order valence-corrected chi connectivity index (χ4v) is 3.34. The Morgan fingerprint density at radius 3 is 2.63 bits per heavy atom. The average Bonchev–Trinajstić information content (AvgIpc) is 2.59. The van der Waals surface area contributed by atoms with Crippen molar-refractivity contribution in [2.24, 2.45) is 0 Å². The zero-order valence-corrected chi connectivity index (χ0v) is 15.3. The van der Waals surface area contributed by atoms with Gasteiger partial charge in [0, 0.05) is 31.3 Å². The number of aryl methyl sites for hydroxylation is 1. The number of carboxylic acids is 1. The molecule has 1 saturated carbocycles. The molecule has 150 valence electrons. The van der Waals surface area contributed by atoms with Crippen LogP contribution in [0.5, 0.6) is 0 Å². The summed E-state index contributed by atoms with van der Waals surface area (Å²) in [6.45, 7) is 1.35. The van der Waals surface area contributed by atoms with Gasteiger partial charge in [-0.3, -0.25) is 23.9 Å². The second-order valence-corrected chi connectivity index (χ2v) is 7.15. The van der Waals surface area contributed by atoms with E-state index in [4.69, 9.17) is 5.11 Å². The van der Waals surface area contributed by atoms with Crippen LogP contribution in [-0.4, -0.2) is 66.4 Å². The van der Waals surface area contributed by atoms with Crippen LogP contribution >= 0.6 is 0 Å². The molecular formula is C17H25N3O7. The van der Waals surface area contributed by atoms with Crippen LogP contribution in [0.2, 0.25) is 0 Å². The summed E-state index contributed by atoms with van der Waals surface area (Å²) in [7, 11) is 1.54. The normalized spacial score (nSPS) is 25.2. The van der Waals surface area contributed by atoms with Crippen molar-refractivity contribution in [3.05, 3.63) is 32.6 Å². The molecule has 10 nitrogen and oxygen atoms in total. The summed E-state index contributed by atoms with van der Waals surface area (Å²) in [5, 5.41) is 29.9. The van der Waals surface area contributed by atoms with E-state index in [9.17, 15) is 29.4 Å². The van der Waals surface area contributed by atoms with E-state index < -0.39 is 28.9 Å². The van der Waals surface area contributed by atoms with Crippen molar-refractivity contribution >= 4 is 11.9 Å². The Morgan fingerprint density at radius 2 is 2.04 bits per heavy atom. The number of aromatic amines is 1. The number of aromatic nitrogens is 2. The van der Waals surface area contributed by atoms with Gasteiger partial charge in [0.2, 0.25) is 5.91 Å². The quantitative estimate of drug-likeness (QED) is 0.482. The smallest absolute Gasteiger partial charge is 0.328 e. The number of hydrogen-bond acceptors (Lipinski definition) is 6. The van der Waals surface area contributed by atoms with Crippen LogP contribution in [0.15, 0.2) is 15.8 Å². The van der Waals surface area contributed by atoms with Gasteiger partial charge in [-0.1, -0.05) is 0 Å². The molecule has 0 aromatic carbocycles. The van der Waals surface area contributed by atoms with E-state index >= 15 is 0 Å². The molecule has 1 aromatic heterocycles. The molecule has 3 atom stereocenters. The number of hydrogen-bond donors (Lipinski definition) is 4. The number of amides is 1. The molecule has 0 saturated heterocycles. The van der Waals surface area contributed by atoms with Crippen molar-refractivity contribution in [1.82, 2.24) is 14.5 Å². The monoisotopic (exact) mass is 383 g/mol. The maximum atomic E-state index is 12.1. The minimum atomic E-state index is -1.57. The van der Waals surface area contributed by atoms with Crippen LogP contribution in [0.4, 0.5) is 0 Å². The molecule has 0 radical (unpaired) electrons. The summed E-state index contributed by atoms with van der Waals surface area (Å²) in [5.74, 6) is -1.40. The number of carbonyl (C=O) groups is 2.